The molecule has 6 nitrogen and oxygen atoms in total. The number of hydrogen-bond acceptors (Lipinski definition) is 4. The SMILES string of the molecule is C[C@H]1C[C@@H](C(=O)Nc2ccc3oc(=O)n(C)c3c2)CCN1. The molecule has 1 aromatic carbocycles. The molecule has 2 atom stereocenters. The monoisotopic (exact) mass is 289 g/mol. The summed E-state index contributed by atoms with van der Waals surface area (Å²) in [5.41, 5.74) is 1.89. The van der Waals surface area contributed by atoms with Crippen molar-refractivity contribution in [1.29, 1.82) is 0 Å². The van der Waals surface area contributed by atoms with Gasteiger partial charge in [0.2, 0.25) is 5.91 Å². The molecule has 112 valence electrons. The fraction of sp³-hybridized carbons (Fsp3) is 0.467. The molecule has 1 fully saturated rings. The number of nitrogens with one attached hydrogen (secondary N) is 2. The number of rotatable bonds is 2. The van der Waals surface area contributed by atoms with Crippen molar-refractivity contribution in [3.63, 3.8) is 0 Å². The molecular weight excluding hydrogens is 270 g/mol. The molecule has 1 amide bonds. The molecule has 0 bridgehead atoms. The van der Waals surface area contributed by atoms with Gasteiger partial charge in [-0.2, -0.15) is 0 Å². The van der Waals surface area contributed by atoms with Crippen molar-refractivity contribution in [2.45, 2.75) is 25.8 Å². The first kappa shape index (κ1) is 13.9. The highest BCUT2D eigenvalue weighted by Gasteiger charge is 2.24. The maximum Gasteiger partial charge on any atom is 0.419 e. The zero-order valence-electron chi connectivity index (χ0n) is 12.2. The molecule has 1 aromatic heterocycles. The third-order valence-corrected chi connectivity index (χ3v) is 4.05. The predicted molar refractivity (Wildman–Crippen MR) is 80.3 cm³/mol. The molecule has 2 N–H and O–H groups in total. The molecule has 6 heteroatoms. The highest BCUT2D eigenvalue weighted by Crippen LogP contribution is 2.21. The van der Waals surface area contributed by atoms with E-state index in [4.69, 9.17) is 4.42 Å². The number of carbonyl (C=O) groups excluding carboxylic acids is 1. The minimum Gasteiger partial charge on any atom is -0.408 e. The number of piperidine rings is 1. The maximum absolute atomic E-state index is 12.3. The Balaban J connectivity index is 1.79. The Morgan fingerprint density at radius 1 is 1.48 bits per heavy atom. The van der Waals surface area contributed by atoms with E-state index >= 15 is 0 Å². The van der Waals surface area contributed by atoms with Gasteiger partial charge < -0.3 is 15.1 Å². The minimum absolute atomic E-state index is 0.0325. The lowest BCUT2D eigenvalue weighted by molar-refractivity contribution is -0.120. The molecule has 0 saturated carbocycles. The van der Waals surface area contributed by atoms with Crippen molar-refractivity contribution in [2.24, 2.45) is 13.0 Å². The summed E-state index contributed by atoms with van der Waals surface area (Å²) in [4.78, 5) is 23.8. The fourth-order valence-corrected chi connectivity index (χ4v) is 2.82. The number of amides is 1. The van der Waals surface area contributed by atoms with Crippen molar-refractivity contribution < 1.29 is 9.21 Å². The molecule has 2 aromatic rings. The third kappa shape index (κ3) is 2.71. The van der Waals surface area contributed by atoms with Gasteiger partial charge in [-0.05, 0) is 44.5 Å². The molecule has 0 unspecified atom stereocenters. The summed E-state index contributed by atoms with van der Waals surface area (Å²) < 4.78 is 6.50. The second-order valence-electron chi connectivity index (χ2n) is 5.68. The van der Waals surface area contributed by atoms with Gasteiger partial charge in [0.1, 0.15) is 0 Å². The average Bonchev–Trinajstić information content (AvgIpc) is 2.74. The number of hydrogen-bond donors (Lipinski definition) is 2. The molecule has 3 rings (SSSR count). The molecule has 2 heterocycles. The number of aromatic nitrogens is 1. The first-order valence-electron chi connectivity index (χ1n) is 7.18. The summed E-state index contributed by atoms with van der Waals surface area (Å²) >= 11 is 0. The van der Waals surface area contributed by atoms with Gasteiger partial charge in [-0.15, -0.1) is 0 Å². The summed E-state index contributed by atoms with van der Waals surface area (Å²) in [6.45, 7) is 2.96. The van der Waals surface area contributed by atoms with Crippen LogP contribution in [0.2, 0.25) is 0 Å². The van der Waals surface area contributed by atoms with E-state index in [1.165, 1.54) is 4.57 Å². The fourth-order valence-electron chi connectivity index (χ4n) is 2.82. The lowest BCUT2D eigenvalue weighted by Crippen LogP contribution is -2.40. The van der Waals surface area contributed by atoms with E-state index < -0.39 is 5.76 Å². The lowest BCUT2D eigenvalue weighted by atomic mass is 9.92. The van der Waals surface area contributed by atoms with Crippen LogP contribution in [0, 0.1) is 5.92 Å². The Morgan fingerprint density at radius 3 is 3.05 bits per heavy atom. The van der Waals surface area contributed by atoms with E-state index in [2.05, 4.69) is 17.6 Å². The summed E-state index contributed by atoms with van der Waals surface area (Å²) in [5.74, 6) is -0.332. The quantitative estimate of drug-likeness (QED) is 0.877. The Kier molecular flexibility index (Phi) is 3.55. The van der Waals surface area contributed by atoms with Gasteiger partial charge >= 0.3 is 5.76 Å². The van der Waals surface area contributed by atoms with Gasteiger partial charge in [-0.1, -0.05) is 0 Å². The zero-order chi connectivity index (χ0) is 15.0. The van der Waals surface area contributed by atoms with Crippen LogP contribution in [0.25, 0.3) is 11.1 Å². The molecular formula is C15H19N3O3. The third-order valence-electron chi connectivity index (χ3n) is 4.05. The van der Waals surface area contributed by atoms with Gasteiger partial charge in [-0.25, -0.2) is 4.79 Å². The Morgan fingerprint density at radius 2 is 2.29 bits per heavy atom. The van der Waals surface area contributed by atoms with Gasteiger partial charge in [-0.3, -0.25) is 9.36 Å². The normalized spacial score (nSPS) is 22.4. The number of nitrogens with zero attached hydrogens (tertiary/aromatic N) is 1. The number of anilines is 1. The molecule has 1 aliphatic rings. The van der Waals surface area contributed by atoms with E-state index in [1.54, 1.807) is 25.2 Å². The van der Waals surface area contributed by atoms with Crippen LogP contribution in [-0.2, 0) is 11.8 Å². The second kappa shape index (κ2) is 5.37. The second-order valence-corrected chi connectivity index (χ2v) is 5.68. The first-order chi connectivity index (χ1) is 10.0. The molecule has 21 heavy (non-hydrogen) atoms. The van der Waals surface area contributed by atoms with Crippen LogP contribution in [0.4, 0.5) is 5.69 Å². The van der Waals surface area contributed by atoms with Crippen molar-refractivity contribution >= 4 is 22.7 Å². The number of fused-ring (bicyclic) bond motifs is 1. The largest absolute Gasteiger partial charge is 0.419 e. The van der Waals surface area contributed by atoms with Crippen molar-refractivity contribution in [3.8, 4) is 0 Å². The van der Waals surface area contributed by atoms with Crippen molar-refractivity contribution in [2.75, 3.05) is 11.9 Å². The van der Waals surface area contributed by atoms with E-state index in [9.17, 15) is 9.59 Å². The Bertz CT molecular complexity index is 731. The molecule has 1 aliphatic heterocycles. The summed E-state index contributed by atoms with van der Waals surface area (Å²) in [5, 5.41) is 6.27. The predicted octanol–water partition coefficient (Wildman–Crippen LogP) is 1.46. The zero-order valence-corrected chi connectivity index (χ0v) is 12.2. The van der Waals surface area contributed by atoms with E-state index in [1.807, 2.05) is 0 Å². The van der Waals surface area contributed by atoms with E-state index in [-0.39, 0.29) is 11.8 Å². The van der Waals surface area contributed by atoms with Crippen LogP contribution in [0.5, 0.6) is 0 Å². The van der Waals surface area contributed by atoms with Gasteiger partial charge in [0.25, 0.3) is 0 Å². The molecule has 0 aliphatic carbocycles. The lowest BCUT2D eigenvalue weighted by Gasteiger charge is -2.27. The highest BCUT2D eigenvalue weighted by molar-refractivity contribution is 5.94. The first-order valence-corrected chi connectivity index (χ1v) is 7.18. The summed E-state index contributed by atoms with van der Waals surface area (Å²) in [6.07, 6.45) is 1.70. The standard InChI is InChI=1S/C15H19N3O3/c1-9-7-10(5-6-16-9)14(19)17-11-3-4-13-12(8-11)18(2)15(20)21-13/h3-4,8-10,16H,5-7H2,1-2H3,(H,17,19)/t9-,10-/m0/s1. The average molecular weight is 289 g/mol. The number of aryl methyl sites for hydroxylation is 1. The minimum atomic E-state index is -0.402. The van der Waals surface area contributed by atoms with E-state index in [0.717, 1.165) is 19.4 Å². The van der Waals surface area contributed by atoms with E-state index in [0.29, 0.717) is 22.8 Å². The van der Waals surface area contributed by atoms with Crippen LogP contribution < -0.4 is 16.4 Å². The number of carbonyl (C=O) groups is 1. The number of benzene rings is 1. The van der Waals surface area contributed by atoms with Crippen molar-refractivity contribution in [1.82, 2.24) is 9.88 Å². The van der Waals surface area contributed by atoms with Gasteiger partial charge in [0, 0.05) is 24.7 Å². The van der Waals surface area contributed by atoms with Crippen molar-refractivity contribution in [3.05, 3.63) is 28.7 Å². The van der Waals surface area contributed by atoms with Gasteiger partial charge in [0.05, 0.1) is 5.52 Å². The smallest absolute Gasteiger partial charge is 0.408 e. The molecule has 0 radical (unpaired) electrons. The molecule has 1 saturated heterocycles. The Labute approximate surface area is 122 Å². The van der Waals surface area contributed by atoms with Crippen LogP contribution in [0.1, 0.15) is 19.8 Å². The number of oxazole rings is 1. The van der Waals surface area contributed by atoms with Gasteiger partial charge in [0.15, 0.2) is 5.58 Å². The highest BCUT2D eigenvalue weighted by atomic mass is 16.4. The topological polar surface area (TPSA) is 76.3 Å². The van der Waals surface area contributed by atoms with Crippen LogP contribution >= 0.6 is 0 Å². The summed E-state index contributed by atoms with van der Waals surface area (Å²) in [6, 6.07) is 5.60. The van der Waals surface area contributed by atoms with Crippen LogP contribution in [0.3, 0.4) is 0 Å². The van der Waals surface area contributed by atoms with Crippen LogP contribution in [-0.4, -0.2) is 23.1 Å². The Hall–Kier alpha value is -2.08. The maximum atomic E-state index is 12.3. The molecule has 0 spiro atoms. The summed E-state index contributed by atoms with van der Waals surface area (Å²) in [7, 11) is 1.65. The van der Waals surface area contributed by atoms with Crippen LogP contribution in [0.15, 0.2) is 27.4 Å².